The van der Waals surface area contributed by atoms with Crippen molar-refractivity contribution >= 4 is 11.8 Å². The van der Waals surface area contributed by atoms with Gasteiger partial charge >= 0.3 is 0 Å². The average Bonchev–Trinajstić information content (AvgIpc) is 2.60. The van der Waals surface area contributed by atoms with Crippen LogP contribution in [0.4, 0.5) is 0 Å². The molecule has 2 amide bonds. The third kappa shape index (κ3) is 5.41. The van der Waals surface area contributed by atoms with Crippen LogP contribution in [-0.4, -0.2) is 29.4 Å². The number of rotatable bonds is 7. The molecule has 1 heterocycles. The minimum atomic E-state index is -0.573. The maximum Gasteiger partial charge on any atom is 0.252 e. The summed E-state index contributed by atoms with van der Waals surface area (Å²) in [4.78, 5) is 29.2. The monoisotopic (exact) mass is 339 g/mol. The van der Waals surface area contributed by atoms with Crippen molar-refractivity contribution in [3.05, 3.63) is 65.5 Å². The molecule has 1 aromatic heterocycles. The van der Waals surface area contributed by atoms with Gasteiger partial charge in [0.25, 0.3) is 5.91 Å². The van der Waals surface area contributed by atoms with Crippen molar-refractivity contribution in [2.75, 3.05) is 6.54 Å². The predicted molar refractivity (Wildman–Crippen MR) is 98.2 cm³/mol. The molecule has 1 aromatic carbocycles. The largest absolute Gasteiger partial charge is 0.354 e. The van der Waals surface area contributed by atoms with Crippen LogP contribution in [0.5, 0.6) is 0 Å². The Morgan fingerprint density at radius 1 is 1.08 bits per heavy atom. The number of benzene rings is 1. The molecule has 0 fully saturated rings. The zero-order chi connectivity index (χ0) is 18.2. The molecule has 0 aliphatic carbocycles. The smallest absolute Gasteiger partial charge is 0.252 e. The minimum Gasteiger partial charge on any atom is -0.354 e. The molecule has 2 rings (SSSR count). The molecule has 0 spiro atoms. The van der Waals surface area contributed by atoms with Crippen molar-refractivity contribution in [2.24, 2.45) is 5.92 Å². The van der Waals surface area contributed by atoms with Crippen LogP contribution < -0.4 is 10.6 Å². The predicted octanol–water partition coefficient (Wildman–Crippen LogP) is 2.50. The topological polar surface area (TPSA) is 71.1 Å². The van der Waals surface area contributed by atoms with E-state index in [9.17, 15) is 9.59 Å². The Hall–Kier alpha value is -2.69. The molecular formula is C20H25N3O2. The second-order valence-electron chi connectivity index (χ2n) is 6.37. The Morgan fingerprint density at radius 2 is 1.80 bits per heavy atom. The van der Waals surface area contributed by atoms with E-state index in [1.54, 1.807) is 12.3 Å². The fourth-order valence-corrected chi connectivity index (χ4v) is 2.55. The maximum absolute atomic E-state index is 12.5. The second-order valence-corrected chi connectivity index (χ2v) is 6.37. The Bertz CT molecular complexity index is 714. The highest BCUT2D eigenvalue weighted by molar-refractivity contribution is 5.98. The molecule has 25 heavy (non-hydrogen) atoms. The first-order valence-corrected chi connectivity index (χ1v) is 8.53. The summed E-state index contributed by atoms with van der Waals surface area (Å²) in [5, 5.41) is 5.75. The molecule has 0 radical (unpaired) electrons. The third-order valence-electron chi connectivity index (χ3n) is 4.03. The molecule has 1 atom stereocenters. The number of aryl methyl sites for hydroxylation is 1. The normalized spacial score (nSPS) is 11.8. The Morgan fingerprint density at radius 3 is 2.44 bits per heavy atom. The number of carbonyl (C=O) groups excluding carboxylic acids is 2. The summed E-state index contributed by atoms with van der Waals surface area (Å²) in [6, 6.07) is 12.5. The van der Waals surface area contributed by atoms with E-state index in [0.29, 0.717) is 18.5 Å². The number of amides is 2. The van der Waals surface area contributed by atoms with Crippen LogP contribution in [-0.2, 0) is 11.2 Å². The van der Waals surface area contributed by atoms with Gasteiger partial charge in [0.15, 0.2) is 0 Å². The summed E-state index contributed by atoms with van der Waals surface area (Å²) < 4.78 is 0. The van der Waals surface area contributed by atoms with Gasteiger partial charge in [-0.15, -0.1) is 0 Å². The molecule has 5 heteroatoms. The molecule has 2 aromatic rings. The van der Waals surface area contributed by atoms with E-state index in [-0.39, 0.29) is 17.7 Å². The molecule has 0 aliphatic heterocycles. The fraction of sp³-hybridized carbons (Fsp3) is 0.350. The van der Waals surface area contributed by atoms with Gasteiger partial charge in [-0.05, 0) is 36.6 Å². The summed E-state index contributed by atoms with van der Waals surface area (Å²) in [5.74, 6) is -0.410. The first-order valence-electron chi connectivity index (χ1n) is 8.53. The lowest BCUT2D eigenvalue weighted by Crippen LogP contribution is -2.50. The van der Waals surface area contributed by atoms with Crippen molar-refractivity contribution < 1.29 is 9.59 Å². The van der Waals surface area contributed by atoms with Crippen molar-refractivity contribution in [1.29, 1.82) is 0 Å². The molecule has 0 aliphatic rings. The van der Waals surface area contributed by atoms with Gasteiger partial charge in [0, 0.05) is 30.4 Å². The van der Waals surface area contributed by atoms with Gasteiger partial charge in [-0.2, -0.15) is 0 Å². The van der Waals surface area contributed by atoms with Gasteiger partial charge in [-0.3, -0.25) is 14.6 Å². The lowest BCUT2D eigenvalue weighted by molar-refractivity contribution is -0.123. The van der Waals surface area contributed by atoms with Crippen LogP contribution in [0.1, 0.15) is 35.5 Å². The summed E-state index contributed by atoms with van der Waals surface area (Å²) in [5.41, 5.74) is 2.40. The van der Waals surface area contributed by atoms with Crippen LogP contribution in [0.15, 0.2) is 48.7 Å². The van der Waals surface area contributed by atoms with E-state index in [1.807, 2.05) is 57.2 Å². The lowest BCUT2D eigenvalue weighted by atomic mass is 10.0. The maximum atomic E-state index is 12.5. The van der Waals surface area contributed by atoms with Crippen molar-refractivity contribution in [3.8, 4) is 0 Å². The van der Waals surface area contributed by atoms with Crippen LogP contribution in [0.25, 0.3) is 0 Å². The van der Waals surface area contributed by atoms with Gasteiger partial charge in [-0.25, -0.2) is 0 Å². The summed E-state index contributed by atoms with van der Waals surface area (Å²) >= 11 is 0. The van der Waals surface area contributed by atoms with E-state index in [4.69, 9.17) is 0 Å². The average molecular weight is 339 g/mol. The van der Waals surface area contributed by atoms with Crippen molar-refractivity contribution in [3.63, 3.8) is 0 Å². The Kier molecular flexibility index (Phi) is 6.69. The number of carbonyl (C=O) groups is 2. The zero-order valence-corrected chi connectivity index (χ0v) is 15.0. The van der Waals surface area contributed by atoms with Gasteiger partial charge in [-0.1, -0.05) is 38.1 Å². The number of nitrogens with zero attached hydrogens (tertiary/aromatic N) is 1. The lowest BCUT2D eigenvalue weighted by Gasteiger charge is -2.22. The molecule has 0 saturated carbocycles. The highest BCUT2D eigenvalue weighted by atomic mass is 16.2. The molecule has 5 nitrogen and oxygen atoms in total. The Balaban J connectivity index is 1.94. The molecule has 0 saturated heterocycles. The van der Waals surface area contributed by atoms with Crippen LogP contribution in [0.3, 0.4) is 0 Å². The number of aromatic nitrogens is 1. The van der Waals surface area contributed by atoms with Crippen molar-refractivity contribution in [2.45, 2.75) is 33.2 Å². The summed E-state index contributed by atoms with van der Waals surface area (Å²) in [6.07, 6.45) is 2.39. The van der Waals surface area contributed by atoms with Crippen molar-refractivity contribution in [1.82, 2.24) is 15.6 Å². The fourth-order valence-electron chi connectivity index (χ4n) is 2.55. The van der Waals surface area contributed by atoms with Gasteiger partial charge in [0.1, 0.15) is 6.04 Å². The van der Waals surface area contributed by atoms with Gasteiger partial charge in [0.2, 0.25) is 5.91 Å². The Labute approximate surface area is 148 Å². The van der Waals surface area contributed by atoms with E-state index in [2.05, 4.69) is 15.6 Å². The highest BCUT2D eigenvalue weighted by Gasteiger charge is 2.24. The van der Waals surface area contributed by atoms with Crippen LogP contribution in [0.2, 0.25) is 0 Å². The number of hydrogen-bond acceptors (Lipinski definition) is 3. The number of nitrogens with one attached hydrogen (secondary N) is 2. The van der Waals surface area contributed by atoms with Crippen LogP contribution in [0, 0.1) is 12.8 Å². The third-order valence-corrected chi connectivity index (χ3v) is 4.03. The van der Waals surface area contributed by atoms with Crippen LogP contribution >= 0.6 is 0 Å². The van der Waals surface area contributed by atoms with E-state index >= 15 is 0 Å². The second kappa shape index (κ2) is 8.97. The number of pyridine rings is 1. The van der Waals surface area contributed by atoms with Gasteiger partial charge < -0.3 is 10.6 Å². The number of hydrogen-bond donors (Lipinski definition) is 2. The highest BCUT2D eigenvalue weighted by Crippen LogP contribution is 2.09. The summed E-state index contributed by atoms with van der Waals surface area (Å²) in [7, 11) is 0. The van der Waals surface area contributed by atoms with Gasteiger partial charge in [0.05, 0.1) is 0 Å². The summed E-state index contributed by atoms with van der Waals surface area (Å²) in [6.45, 7) is 6.20. The zero-order valence-electron chi connectivity index (χ0n) is 15.0. The molecular weight excluding hydrogens is 314 g/mol. The first-order chi connectivity index (χ1) is 12.0. The van der Waals surface area contributed by atoms with E-state index in [1.165, 1.54) is 0 Å². The quantitative estimate of drug-likeness (QED) is 0.814. The van der Waals surface area contributed by atoms with E-state index < -0.39 is 6.04 Å². The molecule has 2 N–H and O–H groups in total. The standard InChI is InChI=1S/C20H25N3O2/c1-14(2)18(23-19(24)17-10-5-4-8-15(17)3)20(25)22-13-11-16-9-6-7-12-21-16/h4-10,12,14,18H,11,13H2,1-3H3,(H,22,25)(H,23,24). The first kappa shape index (κ1) is 18.6. The molecule has 0 bridgehead atoms. The van der Waals surface area contributed by atoms with E-state index in [0.717, 1.165) is 11.3 Å². The molecule has 132 valence electrons. The molecule has 1 unspecified atom stereocenters. The minimum absolute atomic E-state index is 0.0113. The SMILES string of the molecule is Cc1ccccc1C(=O)NC(C(=O)NCCc1ccccn1)C(C)C.